The van der Waals surface area contributed by atoms with Gasteiger partial charge < -0.3 is 4.42 Å². The molecule has 0 fully saturated rings. The van der Waals surface area contributed by atoms with Crippen molar-refractivity contribution in [2.24, 2.45) is 0 Å². The molecule has 3 rings (SSSR count). The molecule has 2 amide bonds. The second-order valence-electron chi connectivity index (χ2n) is 6.19. The summed E-state index contributed by atoms with van der Waals surface area (Å²) in [6, 6.07) is 11.0. The summed E-state index contributed by atoms with van der Waals surface area (Å²) in [6.07, 6.45) is 2.87. The lowest BCUT2D eigenvalue weighted by Gasteiger charge is -2.26. The molecule has 144 valence electrons. The summed E-state index contributed by atoms with van der Waals surface area (Å²) in [5.74, 6) is -0.403. The smallest absolute Gasteiger partial charge is 0.271 e. The quantitative estimate of drug-likeness (QED) is 0.253. The van der Waals surface area contributed by atoms with Gasteiger partial charge >= 0.3 is 0 Å². The maximum atomic E-state index is 12.7. The largest absolute Gasteiger partial charge is 0.457 e. The van der Waals surface area contributed by atoms with E-state index in [1.54, 1.807) is 24.3 Å². The number of nitrogens with zero attached hydrogens (tertiary/aromatic N) is 3. The summed E-state index contributed by atoms with van der Waals surface area (Å²) in [7, 11) is 0. The van der Waals surface area contributed by atoms with Gasteiger partial charge in [0.25, 0.3) is 17.5 Å². The van der Waals surface area contributed by atoms with E-state index in [9.17, 15) is 25.0 Å². The lowest BCUT2D eigenvalue weighted by molar-refractivity contribution is -0.384. The minimum atomic E-state index is -0.655. The summed E-state index contributed by atoms with van der Waals surface area (Å²) < 4.78 is 5.73. The third-order valence-electron chi connectivity index (χ3n) is 4.41. The number of nitriles is 1. The fourth-order valence-electron chi connectivity index (χ4n) is 2.90. The van der Waals surface area contributed by atoms with Gasteiger partial charge in [0.15, 0.2) is 0 Å². The standard InChI is InChI=1S/C21H15N3O5/c1-3-10-23-20(25)17(13(2)18(12-22)21(23)26)11-16-8-9-19(29-16)14-4-6-15(7-5-14)24(27)28/h3-9,11H,1,10H2,2H3/b17-11+. The molecule has 2 heterocycles. The van der Waals surface area contributed by atoms with Crippen LogP contribution in [0.1, 0.15) is 12.7 Å². The van der Waals surface area contributed by atoms with Gasteiger partial charge in [-0.15, -0.1) is 6.58 Å². The number of amides is 2. The van der Waals surface area contributed by atoms with Crippen LogP contribution in [0.3, 0.4) is 0 Å². The van der Waals surface area contributed by atoms with Crippen LogP contribution in [0.4, 0.5) is 5.69 Å². The van der Waals surface area contributed by atoms with E-state index in [0.717, 1.165) is 4.90 Å². The normalized spacial score (nSPS) is 15.6. The number of carbonyl (C=O) groups excluding carboxylic acids is 2. The second-order valence-corrected chi connectivity index (χ2v) is 6.19. The van der Waals surface area contributed by atoms with E-state index in [1.807, 2.05) is 6.07 Å². The number of benzene rings is 1. The molecule has 1 aromatic carbocycles. The summed E-state index contributed by atoms with van der Waals surface area (Å²) in [5, 5.41) is 20.1. The summed E-state index contributed by atoms with van der Waals surface area (Å²) in [6.45, 7) is 5.05. The molecular weight excluding hydrogens is 374 g/mol. The molecule has 0 atom stereocenters. The van der Waals surface area contributed by atoms with Crippen molar-refractivity contribution in [3.05, 3.63) is 81.6 Å². The van der Waals surface area contributed by atoms with Crippen molar-refractivity contribution in [3.63, 3.8) is 0 Å². The predicted octanol–water partition coefficient (Wildman–Crippen LogP) is 3.63. The number of nitro groups is 1. The maximum absolute atomic E-state index is 12.7. The first-order valence-corrected chi connectivity index (χ1v) is 8.52. The molecule has 0 saturated heterocycles. The zero-order valence-corrected chi connectivity index (χ0v) is 15.4. The highest BCUT2D eigenvalue weighted by atomic mass is 16.6. The first-order chi connectivity index (χ1) is 13.9. The molecule has 1 aliphatic rings. The molecule has 0 bridgehead atoms. The van der Waals surface area contributed by atoms with Gasteiger partial charge in [-0.25, -0.2) is 0 Å². The van der Waals surface area contributed by atoms with E-state index < -0.39 is 16.7 Å². The van der Waals surface area contributed by atoms with E-state index in [2.05, 4.69) is 6.58 Å². The lowest BCUT2D eigenvalue weighted by atomic mass is 9.94. The van der Waals surface area contributed by atoms with Gasteiger partial charge in [-0.1, -0.05) is 6.08 Å². The molecule has 0 radical (unpaired) electrons. The Morgan fingerprint density at radius 3 is 2.48 bits per heavy atom. The third-order valence-corrected chi connectivity index (χ3v) is 4.41. The van der Waals surface area contributed by atoms with E-state index in [0.29, 0.717) is 17.1 Å². The third kappa shape index (κ3) is 3.61. The second kappa shape index (κ2) is 7.78. The highest BCUT2D eigenvalue weighted by Gasteiger charge is 2.34. The zero-order valence-electron chi connectivity index (χ0n) is 15.4. The zero-order chi connectivity index (χ0) is 21.1. The number of rotatable bonds is 5. The highest BCUT2D eigenvalue weighted by molar-refractivity contribution is 6.19. The molecular formula is C21H15N3O5. The van der Waals surface area contributed by atoms with Crippen molar-refractivity contribution < 1.29 is 18.9 Å². The van der Waals surface area contributed by atoms with Crippen molar-refractivity contribution >= 4 is 23.6 Å². The van der Waals surface area contributed by atoms with Gasteiger partial charge in [0.2, 0.25) is 0 Å². The Hall–Kier alpha value is -4.25. The van der Waals surface area contributed by atoms with Gasteiger partial charge in [0.05, 0.1) is 4.92 Å². The minimum absolute atomic E-state index is 0.0142. The maximum Gasteiger partial charge on any atom is 0.271 e. The number of non-ortho nitro benzene ring substituents is 1. The number of furan rings is 1. The van der Waals surface area contributed by atoms with E-state index in [1.165, 1.54) is 31.2 Å². The van der Waals surface area contributed by atoms with Crippen LogP contribution < -0.4 is 0 Å². The molecule has 0 aliphatic carbocycles. The van der Waals surface area contributed by atoms with Crippen LogP contribution in [-0.4, -0.2) is 28.2 Å². The van der Waals surface area contributed by atoms with Crippen molar-refractivity contribution in [1.82, 2.24) is 4.90 Å². The van der Waals surface area contributed by atoms with Crippen molar-refractivity contribution in [1.29, 1.82) is 5.26 Å². The van der Waals surface area contributed by atoms with Crippen LogP contribution >= 0.6 is 0 Å². The SMILES string of the molecule is C=CCN1C(=O)C(C#N)=C(C)/C(=C\c2ccc(-c3ccc([N+](=O)[O-])cc3)o2)C1=O. The van der Waals surface area contributed by atoms with Crippen LogP contribution in [0.15, 0.2) is 70.2 Å². The Kier molecular flexibility index (Phi) is 5.23. The topological polar surface area (TPSA) is 117 Å². The average Bonchev–Trinajstić information content (AvgIpc) is 3.18. The molecule has 0 saturated carbocycles. The summed E-state index contributed by atoms with van der Waals surface area (Å²) in [5.41, 5.74) is 0.930. The predicted molar refractivity (Wildman–Crippen MR) is 104 cm³/mol. The first-order valence-electron chi connectivity index (χ1n) is 8.52. The summed E-state index contributed by atoms with van der Waals surface area (Å²) in [4.78, 5) is 36.3. The minimum Gasteiger partial charge on any atom is -0.457 e. The van der Waals surface area contributed by atoms with Gasteiger partial charge in [-0.2, -0.15) is 5.26 Å². The lowest BCUT2D eigenvalue weighted by Crippen LogP contribution is -2.42. The highest BCUT2D eigenvalue weighted by Crippen LogP contribution is 2.29. The Morgan fingerprint density at radius 1 is 1.21 bits per heavy atom. The first kappa shape index (κ1) is 19.5. The number of hydrogen-bond donors (Lipinski definition) is 0. The fraction of sp³-hybridized carbons (Fsp3) is 0.0952. The van der Waals surface area contributed by atoms with Gasteiger partial charge in [0.1, 0.15) is 23.2 Å². The molecule has 29 heavy (non-hydrogen) atoms. The monoisotopic (exact) mass is 389 g/mol. The van der Waals surface area contributed by atoms with E-state index >= 15 is 0 Å². The number of imide groups is 1. The van der Waals surface area contributed by atoms with Crippen LogP contribution in [0.2, 0.25) is 0 Å². The van der Waals surface area contributed by atoms with Crippen LogP contribution in [0, 0.1) is 21.4 Å². The Morgan fingerprint density at radius 2 is 1.90 bits per heavy atom. The molecule has 0 N–H and O–H groups in total. The van der Waals surface area contributed by atoms with Crippen LogP contribution in [0.25, 0.3) is 17.4 Å². The Labute approximate surface area is 165 Å². The van der Waals surface area contributed by atoms with E-state index in [4.69, 9.17) is 4.42 Å². The van der Waals surface area contributed by atoms with Crippen molar-refractivity contribution in [3.8, 4) is 17.4 Å². The van der Waals surface area contributed by atoms with Crippen LogP contribution in [0.5, 0.6) is 0 Å². The van der Waals surface area contributed by atoms with E-state index in [-0.39, 0.29) is 29.0 Å². The molecule has 8 heteroatoms. The summed E-state index contributed by atoms with van der Waals surface area (Å²) >= 11 is 0. The fourth-order valence-corrected chi connectivity index (χ4v) is 2.90. The van der Waals surface area contributed by atoms with Crippen molar-refractivity contribution in [2.75, 3.05) is 6.54 Å². The van der Waals surface area contributed by atoms with Gasteiger partial charge in [0, 0.05) is 29.8 Å². The Balaban J connectivity index is 1.99. The average molecular weight is 389 g/mol. The van der Waals surface area contributed by atoms with Gasteiger partial charge in [-0.3, -0.25) is 24.6 Å². The molecule has 2 aromatic rings. The number of hydrogen-bond acceptors (Lipinski definition) is 6. The van der Waals surface area contributed by atoms with Crippen molar-refractivity contribution in [2.45, 2.75) is 6.92 Å². The molecule has 0 unspecified atom stereocenters. The van der Waals surface area contributed by atoms with Gasteiger partial charge in [-0.05, 0) is 42.8 Å². The molecule has 1 aliphatic heterocycles. The molecule has 8 nitrogen and oxygen atoms in total. The molecule has 1 aromatic heterocycles. The van der Waals surface area contributed by atoms with Crippen LogP contribution in [-0.2, 0) is 9.59 Å². The number of nitro benzene ring substituents is 1. The Bertz CT molecular complexity index is 1130. The number of carbonyl (C=O) groups is 2. The molecule has 0 spiro atoms.